The van der Waals surface area contributed by atoms with Gasteiger partial charge in [0.1, 0.15) is 0 Å². The highest BCUT2D eigenvalue weighted by Crippen LogP contribution is 2.37. The molecule has 150 valence electrons. The number of halogens is 1. The van der Waals surface area contributed by atoms with E-state index in [2.05, 4.69) is 17.1 Å². The first-order valence-electron chi connectivity index (χ1n) is 10.2. The number of hydrogen-bond acceptors (Lipinski definition) is 4. The average Bonchev–Trinajstić information content (AvgIpc) is 3.35. The van der Waals surface area contributed by atoms with Gasteiger partial charge in [0.2, 0.25) is 0 Å². The van der Waals surface area contributed by atoms with Crippen LogP contribution in [0.15, 0.2) is 12.1 Å². The Bertz CT molecular complexity index is 649. The zero-order chi connectivity index (χ0) is 19.2. The van der Waals surface area contributed by atoms with Crippen molar-refractivity contribution < 1.29 is 14.3 Å². The van der Waals surface area contributed by atoms with Gasteiger partial charge in [0.25, 0.3) is 5.91 Å². The van der Waals surface area contributed by atoms with Crippen LogP contribution < -0.4 is 14.8 Å². The summed E-state index contributed by atoms with van der Waals surface area (Å²) in [7, 11) is 0. The predicted octanol–water partition coefficient (Wildman–Crippen LogP) is 4.13. The van der Waals surface area contributed by atoms with Gasteiger partial charge in [0, 0.05) is 31.2 Å². The number of nitrogens with one attached hydrogen (secondary N) is 1. The summed E-state index contributed by atoms with van der Waals surface area (Å²) in [6.07, 6.45) is 5.71. The zero-order valence-electron chi connectivity index (χ0n) is 16.4. The van der Waals surface area contributed by atoms with Gasteiger partial charge in [0.05, 0.1) is 18.2 Å². The van der Waals surface area contributed by atoms with E-state index in [9.17, 15) is 4.79 Å². The first-order valence-corrected chi connectivity index (χ1v) is 10.6. The maximum Gasteiger partial charge on any atom is 0.251 e. The highest BCUT2D eigenvalue weighted by molar-refractivity contribution is 6.32. The van der Waals surface area contributed by atoms with Crippen LogP contribution in [0.4, 0.5) is 0 Å². The minimum Gasteiger partial charge on any atom is -0.490 e. The molecule has 2 aliphatic rings. The van der Waals surface area contributed by atoms with Gasteiger partial charge >= 0.3 is 0 Å². The summed E-state index contributed by atoms with van der Waals surface area (Å²) < 4.78 is 11.5. The Hall–Kier alpha value is -1.46. The van der Waals surface area contributed by atoms with E-state index in [1.165, 1.54) is 19.4 Å². The van der Waals surface area contributed by atoms with Gasteiger partial charge in [-0.25, -0.2) is 0 Å². The first-order chi connectivity index (χ1) is 13.1. The van der Waals surface area contributed by atoms with Gasteiger partial charge in [-0.1, -0.05) is 24.9 Å². The summed E-state index contributed by atoms with van der Waals surface area (Å²) in [5, 5.41) is 3.57. The molecule has 1 heterocycles. The Labute approximate surface area is 167 Å². The fraction of sp³-hybridized carbons (Fsp3) is 0.667. The van der Waals surface area contributed by atoms with Crippen LogP contribution in [-0.4, -0.2) is 49.7 Å². The maximum absolute atomic E-state index is 12.7. The van der Waals surface area contributed by atoms with Crippen molar-refractivity contribution in [1.29, 1.82) is 0 Å². The van der Waals surface area contributed by atoms with Gasteiger partial charge in [-0.05, 0) is 50.7 Å². The van der Waals surface area contributed by atoms with Crippen LogP contribution in [0.3, 0.4) is 0 Å². The quantitative estimate of drug-likeness (QED) is 0.606. The van der Waals surface area contributed by atoms with Crippen molar-refractivity contribution in [2.75, 3.05) is 32.8 Å². The molecule has 1 amide bonds. The van der Waals surface area contributed by atoms with Crippen LogP contribution >= 0.6 is 11.6 Å². The molecule has 1 saturated carbocycles. The van der Waals surface area contributed by atoms with Crippen LogP contribution in [0.1, 0.15) is 56.3 Å². The molecule has 1 atom stereocenters. The number of carbonyl (C=O) groups is 1. The summed E-state index contributed by atoms with van der Waals surface area (Å²) in [6.45, 7) is 8.27. The van der Waals surface area contributed by atoms with E-state index in [1.807, 2.05) is 6.92 Å². The summed E-state index contributed by atoms with van der Waals surface area (Å²) in [4.78, 5) is 15.2. The van der Waals surface area contributed by atoms with E-state index in [0.717, 1.165) is 38.3 Å². The number of nitrogens with zero attached hydrogens (tertiary/aromatic N) is 1. The molecule has 5 nitrogen and oxygen atoms in total. The van der Waals surface area contributed by atoms with Crippen LogP contribution in [0.25, 0.3) is 0 Å². The molecule has 1 saturated heterocycles. The molecule has 1 aliphatic carbocycles. The molecule has 6 heteroatoms. The molecule has 27 heavy (non-hydrogen) atoms. The lowest BCUT2D eigenvalue weighted by atomic mass is 10.1. The number of likely N-dealkylation sites (tertiary alicyclic amines) is 1. The number of rotatable bonds is 10. The molecule has 1 aliphatic heterocycles. The summed E-state index contributed by atoms with van der Waals surface area (Å²) in [5.74, 6) is 1.84. The Kier molecular flexibility index (Phi) is 7.25. The van der Waals surface area contributed by atoms with Crippen molar-refractivity contribution in [3.05, 3.63) is 22.7 Å². The lowest BCUT2D eigenvalue weighted by Crippen LogP contribution is -2.37. The number of carbonyl (C=O) groups excluding carboxylic acids is 1. The fourth-order valence-corrected chi connectivity index (χ4v) is 3.74. The highest BCUT2D eigenvalue weighted by atomic mass is 35.5. The lowest BCUT2D eigenvalue weighted by Gasteiger charge is -2.18. The van der Waals surface area contributed by atoms with Crippen LogP contribution in [0.2, 0.25) is 5.02 Å². The van der Waals surface area contributed by atoms with Gasteiger partial charge in [-0.2, -0.15) is 0 Å². The number of amides is 1. The highest BCUT2D eigenvalue weighted by Gasteiger charge is 2.30. The SMILES string of the molecule is CCCCOc1c(Cl)cc(C(=O)NC2CCN(CC3CC3)C2)cc1OCC. The largest absolute Gasteiger partial charge is 0.490 e. The second-order valence-corrected chi connectivity index (χ2v) is 7.99. The molecule has 3 rings (SSSR count). The van der Waals surface area contributed by atoms with E-state index >= 15 is 0 Å². The van der Waals surface area contributed by atoms with Crippen molar-refractivity contribution >= 4 is 17.5 Å². The molecule has 1 N–H and O–H groups in total. The second kappa shape index (κ2) is 9.65. The van der Waals surface area contributed by atoms with Gasteiger partial charge in [0.15, 0.2) is 11.5 Å². The number of ether oxygens (including phenoxy) is 2. The molecule has 2 fully saturated rings. The van der Waals surface area contributed by atoms with Gasteiger partial charge in [-0.3, -0.25) is 4.79 Å². The van der Waals surface area contributed by atoms with Crippen molar-refractivity contribution in [2.24, 2.45) is 5.92 Å². The third-order valence-electron chi connectivity index (χ3n) is 5.14. The lowest BCUT2D eigenvalue weighted by molar-refractivity contribution is 0.0937. The van der Waals surface area contributed by atoms with Crippen molar-refractivity contribution in [3.63, 3.8) is 0 Å². The van der Waals surface area contributed by atoms with Crippen LogP contribution in [-0.2, 0) is 0 Å². The van der Waals surface area contributed by atoms with E-state index in [0.29, 0.717) is 35.3 Å². The van der Waals surface area contributed by atoms with E-state index < -0.39 is 0 Å². The number of unbranched alkanes of at least 4 members (excludes halogenated alkanes) is 1. The van der Waals surface area contributed by atoms with Crippen LogP contribution in [0.5, 0.6) is 11.5 Å². The third-order valence-corrected chi connectivity index (χ3v) is 5.42. The molecule has 0 bridgehead atoms. The predicted molar refractivity (Wildman–Crippen MR) is 108 cm³/mol. The molecule has 0 aromatic heterocycles. The number of hydrogen-bond donors (Lipinski definition) is 1. The van der Waals surface area contributed by atoms with Crippen molar-refractivity contribution in [2.45, 2.75) is 52.0 Å². The van der Waals surface area contributed by atoms with Gasteiger partial charge in [-0.15, -0.1) is 0 Å². The molecule has 1 aromatic carbocycles. The van der Waals surface area contributed by atoms with E-state index in [4.69, 9.17) is 21.1 Å². The standard InChI is InChI=1S/C21H31ClN2O3/c1-3-5-10-27-20-18(22)11-16(12-19(20)26-4-2)21(25)23-17-8-9-24(14-17)13-15-6-7-15/h11-12,15,17H,3-10,13-14H2,1-2H3,(H,23,25). The van der Waals surface area contributed by atoms with E-state index in [-0.39, 0.29) is 11.9 Å². The summed E-state index contributed by atoms with van der Waals surface area (Å²) in [5.41, 5.74) is 0.520. The maximum atomic E-state index is 12.7. The average molecular weight is 395 g/mol. The normalized spacial score (nSPS) is 19.9. The third kappa shape index (κ3) is 5.76. The Morgan fingerprint density at radius 2 is 2.07 bits per heavy atom. The zero-order valence-corrected chi connectivity index (χ0v) is 17.2. The Morgan fingerprint density at radius 1 is 1.26 bits per heavy atom. The molecule has 1 aromatic rings. The first kappa shape index (κ1) is 20.3. The Morgan fingerprint density at radius 3 is 2.78 bits per heavy atom. The second-order valence-electron chi connectivity index (χ2n) is 7.58. The minimum atomic E-state index is -0.101. The fourth-order valence-electron chi connectivity index (χ4n) is 3.47. The molecule has 0 radical (unpaired) electrons. The molecular formula is C21H31ClN2O3. The van der Waals surface area contributed by atoms with Crippen LogP contribution in [0, 0.1) is 5.92 Å². The summed E-state index contributed by atoms with van der Waals surface area (Å²) >= 11 is 6.40. The molecule has 0 spiro atoms. The van der Waals surface area contributed by atoms with Gasteiger partial charge < -0.3 is 19.7 Å². The molecular weight excluding hydrogens is 364 g/mol. The monoisotopic (exact) mass is 394 g/mol. The van der Waals surface area contributed by atoms with Crippen molar-refractivity contribution in [3.8, 4) is 11.5 Å². The topological polar surface area (TPSA) is 50.8 Å². The minimum absolute atomic E-state index is 0.101. The van der Waals surface area contributed by atoms with Crippen molar-refractivity contribution in [1.82, 2.24) is 10.2 Å². The van der Waals surface area contributed by atoms with E-state index in [1.54, 1.807) is 12.1 Å². The molecule has 1 unspecified atom stereocenters. The number of benzene rings is 1. The Balaban J connectivity index is 1.63. The summed E-state index contributed by atoms with van der Waals surface area (Å²) in [6, 6.07) is 3.62. The smallest absolute Gasteiger partial charge is 0.251 e.